The van der Waals surface area contributed by atoms with Crippen molar-refractivity contribution in [2.75, 3.05) is 44.0 Å². The molecule has 2 N–H and O–H groups in total. The first-order valence-electron chi connectivity index (χ1n) is 6.13. The van der Waals surface area contributed by atoms with Gasteiger partial charge < -0.3 is 20.2 Å². The molecular formula is C13H20ClN3O2. The van der Waals surface area contributed by atoms with Gasteiger partial charge in [-0.25, -0.2) is 4.79 Å². The molecule has 0 saturated carbocycles. The minimum absolute atomic E-state index is 0.0582. The van der Waals surface area contributed by atoms with Crippen molar-refractivity contribution in [2.45, 2.75) is 6.92 Å². The van der Waals surface area contributed by atoms with Crippen LogP contribution in [0.4, 0.5) is 16.2 Å². The van der Waals surface area contributed by atoms with Crippen molar-refractivity contribution >= 4 is 29.0 Å². The summed E-state index contributed by atoms with van der Waals surface area (Å²) in [5.74, 6) is 0. The molecule has 0 aliphatic rings. The highest BCUT2D eigenvalue weighted by molar-refractivity contribution is 6.31. The highest BCUT2D eigenvalue weighted by atomic mass is 35.5. The molecule has 0 unspecified atom stereocenters. The van der Waals surface area contributed by atoms with Gasteiger partial charge in [-0.05, 0) is 25.1 Å². The fraction of sp³-hybridized carbons (Fsp3) is 0.462. The lowest BCUT2D eigenvalue weighted by molar-refractivity contribution is 0.192. The van der Waals surface area contributed by atoms with E-state index in [-0.39, 0.29) is 12.6 Å². The van der Waals surface area contributed by atoms with Gasteiger partial charge in [0.1, 0.15) is 0 Å². The van der Waals surface area contributed by atoms with E-state index in [4.69, 9.17) is 16.7 Å². The quantitative estimate of drug-likeness (QED) is 0.872. The molecule has 0 saturated heterocycles. The number of benzene rings is 1. The van der Waals surface area contributed by atoms with Crippen molar-refractivity contribution < 1.29 is 9.90 Å². The van der Waals surface area contributed by atoms with Gasteiger partial charge in [0.2, 0.25) is 0 Å². The molecule has 0 heterocycles. The van der Waals surface area contributed by atoms with Crippen LogP contribution in [0.3, 0.4) is 0 Å². The van der Waals surface area contributed by atoms with E-state index in [0.717, 1.165) is 5.69 Å². The molecule has 0 spiro atoms. The van der Waals surface area contributed by atoms with E-state index in [1.54, 1.807) is 12.1 Å². The van der Waals surface area contributed by atoms with Gasteiger partial charge in [-0.1, -0.05) is 11.6 Å². The summed E-state index contributed by atoms with van der Waals surface area (Å²) in [5, 5.41) is 12.3. The first-order chi connectivity index (χ1) is 8.99. The van der Waals surface area contributed by atoms with Gasteiger partial charge in [-0.2, -0.15) is 0 Å². The number of rotatable bonds is 5. The predicted molar refractivity (Wildman–Crippen MR) is 79.1 cm³/mol. The van der Waals surface area contributed by atoms with Crippen LogP contribution in [-0.2, 0) is 0 Å². The van der Waals surface area contributed by atoms with Crippen LogP contribution in [0.1, 0.15) is 6.92 Å². The number of halogens is 1. The Hall–Kier alpha value is -1.46. The third kappa shape index (κ3) is 4.29. The Morgan fingerprint density at radius 2 is 2.11 bits per heavy atom. The van der Waals surface area contributed by atoms with Crippen molar-refractivity contribution in [3.05, 3.63) is 23.2 Å². The monoisotopic (exact) mass is 285 g/mol. The van der Waals surface area contributed by atoms with Crippen molar-refractivity contribution in [3.8, 4) is 0 Å². The summed E-state index contributed by atoms with van der Waals surface area (Å²) in [6, 6.07) is 5.08. The average Bonchev–Trinajstić information content (AvgIpc) is 2.35. The Bertz CT molecular complexity index is 438. The summed E-state index contributed by atoms with van der Waals surface area (Å²) in [4.78, 5) is 15.5. The number of carbonyl (C=O) groups is 1. The van der Waals surface area contributed by atoms with Crippen molar-refractivity contribution in [1.82, 2.24) is 4.90 Å². The number of urea groups is 1. The topological polar surface area (TPSA) is 55.8 Å². The minimum atomic E-state index is -0.248. The Morgan fingerprint density at radius 3 is 2.63 bits per heavy atom. The summed E-state index contributed by atoms with van der Waals surface area (Å²) in [5.41, 5.74) is 1.52. The van der Waals surface area contributed by atoms with Crippen LogP contribution in [0.2, 0.25) is 5.02 Å². The Balaban J connectivity index is 2.91. The largest absolute Gasteiger partial charge is 0.395 e. The number of hydrogen-bond donors (Lipinski definition) is 2. The third-order valence-electron chi connectivity index (χ3n) is 2.72. The summed E-state index contributed by atoms with van der Waals surface area (Å²) >= 11 is 5.96. The maximum atomic E-state index is 12.1. The minimum Gasteiger partial charge on any atom is -0.395 e. The smallest absolute Gasteiger partial charge is 0.321 e. The molecule has 6 heteroatoms. The van der Waals surface area contributed by atoms with Crippen LogP contribution >= 0.6 is 11.6 Å². The van der Waals surface area contributed by atoms with E-state index >= 15 is 0 Å². The van der Waals surface area contributed by atoms with Crippen molar-refractivity contribution in [1.29, 1.82) is 0 Å². The van der Waals surface area contributed by atoms with Gasteiger partial charge in [0.05, 0.1) is 18.0 Å². The van der Waals surface area contributed by atoms with Crippen LogP contribution in [-0.4, -0.2) is 49.8 Å². The first kappa shape index (κ1) is 15.6. The van der Waals surface area contributed by atoms with E-state index in [1.807, 2.05) is 32.0 Å². The lowest BCUT2D eigenvalue weighted by Crippen LogP contribution is -2.37. The van der Waals surface area contributed by atoms with Gasteiger partial charge >= 0.3 is 6.03 Å². The van der Waals surface area contributed by atoms with Gasteiger partial charge in [0.15, 0.2) is 0 Å². The number of aliphatic hydroxyl groups excluding tert-OH is 1. The molecule has 0 aliphatic carbocycles. The summed E-state index contributed by atoms with van der Waals surface area (Å²) in [7, 11) is 3.79. The number of nitrogens with zero attached hydrogens (tertiary/aromatic N) is 2. The van der Waals surface area contributed by atoms with Crippen LogP contribution in [0, 0.1) is 0 Å². The number of aliphatic hydroxyl groups is 1. The Morgan fingerprint density at radius 1 is 1.42 bits per heavy atom. The molecule has 1 rings (SSSR count). The second-order valence-corrected chi connectivity index (χ2v) is 4.73. The lowest BCUT2D eigenvalue weighted by atomic mass is 10.2. The molecule has 106 valence electrons. The number of anilines is 2. The number of amides is 2. The molecule has 19 heavy (non-hydrogen) atoms. The number of carbonyl (C=O) groups excluding carboxylic acids is 1. The molecule has 1 aromatic carbocycles. The standard InChI is InChI=1S/C13H20ClN3O2/c1-4-17(7-8-18)13(19)15-11-9-10(14)5-6-12(11)16(2)3/h5-6,9,18H,4,7-8H2,1-3H3,(H,15,19). The molecule has 0 bridgehead atoms. The van der Waals surface area contributed by atoms with Gasteiger partial charge in [-0.3, -0.25) is 0 Å². The zero-order valence-electron chi connectivity index (χ0n) is 11.5. The maximum absolute atomic E-state index is 12.1. The second-order valence-electron chi connectivity index (χ2n) is 4.29. The summed E-state index contributed by atoms with van der Waals surface area (Å²) in [6.07, 6.45) is 0. The fourth-order valence-corrected chi connectivity index (χ4v) is 1.89. The third-order valence-corrected chi connectivity index (χ3v) is 2.96. The van der Waals surface area contributed by atoms with Gasteiger partial charge in [0.25, 0.3) is 0 Å². The van der Waals surface area contributed by atoms with E-state index in [1.165, 1.54) is 4.90 Å². The summed E-state index contributed by atoms with van der Waals surface area (Å²) in [6.45, 7) is 2.64. The van der Waals surface area contributed by atoms with Crippen molar-refractivity contribution in [3.63, 3.8) is 0 Å². The highest BCUT2D eigenvalue weighted by Crippen LogP contribution is 2.28. The first-order valence-corrected chi connectivity index (χ1v) is 6.51. The Labute approximate surface area is 118 Å². The molecule has 0 atom stereocenters. The SMILES string of the molecule is CCN(CCO)C(=O)Nc1cc(Cl)ccc1N(C)C. The molecule has 0 radical (unpaired) electrons. The summed E-state index contributed by atoms with van der Waals surface area (Å²) < 4.78 is 0. The average molecular weight is 286 g/mol. The Kier molecular flexibility index (Phi) is 5.92. The van der Waals surface area contributed by atoms with Gasteiger partial charge in [0, 0.05) is 32.2 Å². The maximum Gasteiger partial charge on any atom is 0.321 e. The van der Waals surface area contributed by atoms with E-state index < -0.39 is 0 Å². The fourth-order valence-electron chi connectivity index (χ4n) is 1.72. The molecule has 0 fully saturated rings. The lowest BCUT2D eigenvalue weighted by Gasteiger charge is -2.23. The number of nitrogens with one attached hydrogen (secondary N) is 1. The predicted octanol–water partition coefficient (Wildman–Crippen LogP) is 2.25. The zero-order valence-corrected chi connectivity index (χ0v) is 12.2. The number of hydrogen-bond acceptors (Lipinski definition) is 3. The molecule has 2 amide bonds. The van der Waals surface area contributed by atoms with Crippen LogP contribution in [0.15, 0.2) is 18.2 Å². The van der Waals surface area contributed by atoms with Crippen molar-refractivity contribution in [2.24, 2.45) is 0 Å². The second kappa shape index (κ2) is 7.21. The van der Waals surface area contributed by atoms with Crippen LogP contribution < -0.4 is 10.2 Å². The highest BCUT2D eigenvalue weighted by Gasteiger charge is 2.14. The molecule has 0 aliphatic heterocycles. The zero-order chi connectivity index (χ0) is 14.4. The molecular weight excluding hydrogens is 266 g/mol. The van der Waals surface area contributed by atoms with Gasteiger partial charge in [-0.15, -0.1) is 0 Å². The van der Waals surface area contributed by atoms with E-state index in [9.17, 15) is 4.79 Å². The van der Waals surface area contributed by atoms with E-state index in [2.05, 4.69) is 5.32 Å². The number of likely N-dealkylation sites (N-methyl/N-ethyl adjacent to an activating group) is 1. The molecule has 1 aromatic rings. The van der Waals surface area contributed by atoms with Crippen LogP contribution in [0.25, 0.3) is 0 Å². The van der Waals surface area contributed by atoms with Crippen LogP contribution in [0.5, 0.6) is 0 Å². The molecule has 5 nitrogen and oxygen atoms in total. The molecule has 0 aromatic heterocycles. The normalized spacial score (nSPS) is 10.2. The van der Waals surface area contributed by atoms with E-state index in [0.29, 0.717) is 23.8 Å².